The highest BCUT2D eigenvalue weighted by molar-refractivity contribution is 9.11. The van der Waals surface area contributed by atoms with E-state index in [0.29, 0.717) is 13.0 Å². The highest BCUT2D eigenvalue weighted by atomic mass is 79.9. The zero-order valence-corrected chi connectivity index (χ0v) is 7.85. The standard InChI is InChI=1S/C7H12BrNO2/c1-6(8)5-9-4-2-3-7(10)11/h9H,1-5H2,(H,10,11). The molecule has 0 unspecified atom stereocenters. The molecule has 0 heterocycles. The van der Waals surface area contributed by atoms with Gasteiger partial charge in [-0.1, -0.05) is 22.5 Å². The van der Waals surface area contributed by atoms with Gasteiger partial charge in [-0.15, -0.1) is 0 Å². The van der Waals surface area contributed by atoms with Crippen LogP contribution in [0.4, 0.5) is 0 Å². The van der Waals surface area contributed by atoms with Crippen molar-refractivity contribution in [1.82, 2.24) is 5.32 Å². The van der Waals surface area contributed by atoms with Gasteiger partial charge in [0.1, 0.15) is 0 Å². The average Bonchev–Trinajstić information content (AvgIpc) is 1.85. The van der Waals surface area contributed by atoms with E-state index in [2.05, 4.69) is 27.8 Å². The van der Waals surface area contributed by atoms with Crippen LogP contribution in [0.1, 0.15) is 12.8 Å². The fourth-order valence-corrected chi connectivity index (χ4v) is 0.787. The van der Waals surface area contributed by atoms with Crippen molar-refractivity contribution in [1.29, 1.82) is 0 Å². The van der Waals surface area contributed by atoms with Crippen molar-refractivity contribution < 1.29 is 9.90 Å². The van der Waals surface area contributed by atoms with E-state index in [1.54, 1.807) is 0 Å². The molecule has 0 aromatic carbocycles. The minimum atomic E-state index is -0.746. The lowest BCUT2D eigenvalue weighted by atomic mass is 10.3. The van der Waals surface area contributed by atoms with Gasteiger partial charge in [0.15, 0.2) is 0 Å². The molecule has 0 bridgehead atoms. The first kappa shape index (κ1) is 10.7. The Morgan fingerprint density at radius 1 is 1.64 bits per heavy atom. The molecule has 64 valence electrons. The third kappa shape index (κ3) is 9.65. The molecule has 0 aliphatic heterocycles. The molecule has 0 aliphatic rings. The van der Waals surface area contributed by atoms with Crippen molar-refractivity contribution in [3.63, 3.8) is 0 Å². The second-order valence-electron chi connectivity index (χ2n) is 2.19. The largest absolute Gasteiger partial charge is 0.481 e. The van der Waals surface area contributed by atoms with E-state index in [1.165, 1.54) is 0 Å². The highest BCUT2D eigenvalue weighted by Crippen LogP contribution is 1.96. The van der Waals surface area contributed by atoms with Crippen LogP contribution < -0.4 is 5.32 Å². The Bertz CT molecular complexity index is 131. The van der Waals surface area contributed by atoms with Gasteiger partial charge in [-0.2, -0.15) is 0 Å². The molecule has 0 aliphatic carbocycles. The molecule has 0 radical (unpaired) electrons. The van der Waals surface area contributed by atoms with Gasteiger partial charge < -0.3 is 10.4 Å². The zero-order chi connectivity index (χ0) is 8.69. The van der Waals surface area contributed by atoms with Crippen molar-refractivity contribution in [2.24, 2.45) is 0 Å². The Labute approximate surface area is 74.6 Å². The third-order valence-electron chi connectivity index (χ3n) is 1.06. The van der Waals surface area contributed by atoms with Crippen LogP contribution in [-0.4, -0.2) is 24.2 Å². The number of carboxylic acids is 1. The lowest BCUT2D eigenvalue weighted by Gasteiger charge is -2.00. The maximum absolute atomic E-state index is 10.0. The van der Waals surface area contributed by atoms with E-state index in [4.69, 9.17) is 5.11 Å². The maximum atomic E-state index is 10.0. The van der Waals surface area contributed by atoms with E-state index < -0.39 is 5.97 Å². The second-order valence-corrected chi connectivity index (χ2v) is 3.31. The van der Waals surface area contributed by atoms with Gasteiger partial charge in [0.25, 0.3) is 0 Å². The summed E-state index contributed by atoms with van der Waals surface area (Å²) in [5.41, 5.74) is 0. The van der Waals surface area contributed by atoms with Crippen molar-refractivity contribution >= 4 is 21.9 Å². The van der Waals surface area contributed by atoms with Crippen LogP contribution in [0.25, 0.3) is 0 Å². The number of carboxylic acid groups (broad SMARTS) is 1. The van der Waals surface area contributed by atoms with Gasteiger partial charge in [-0.25, -0.2) is 0 Å². The normalized spacial score (nSPS) is 9.55. The Kier molecular flexibility index (Phi) is 6.16. The number of hydrogen-bond donors (Lipinski definition) is 2. The summed E-state index contributed by atoms with van der Waals surface area (Å²) >= 11 is 3.18. The summed E-state index contributed by atoms with van der Waals surface area (Å²) in [7, 11) is 0. The van der Waals surface area contributed by atoms with Crippen LogP contribution in [0.5, 0.6) is 0 Å². The second kappa shape index (κ2) is 6.37. The molecule has 2 N–H and O–H groups in total. The van der Waals surface area contributed by atoms with Crippen molar-refractivity contribution in [3.8, 4) is 0 Å². The molecule has 0 fully saturated rings. The number of nitrogens with one attached hydrogen (secondary N) is 1. The lowest BCUT2D eigenvalue weighted by Crippen LogP contribution is -2.17. The van der Waals surface area contributed by atoms with Crippen LogP contribution in [0.3, 0.4) is 0 Å². The predicted octanol–water partition coefficient (Wildman–Crippen LogP) is 1.35. The average molecular weight is 222 g/mol. The van der Waals surface area contributed by atoms with Gasteiger partial charge in [0, 0.05) is 17.4 Å². The fraction of sp³-hybridized carbons (Fsp3) is 0.571. The minimum absolute atomic E-state index is 0.224. The Morgan fingerprint density at radius 3 is 2.73 bits per heavy atom. The topological polar surface area (TPSA) is 49.3 Å². The highest BCUT2D eigenvalue weighted by Gasteiger charge is 1.95. The van der Waals surface area contributed by atoms with Crippen LogP contribution in [-0.2, 0) is 4.79 Å². The molecular weight excluding hydrogens is 210 g/mol. The lowest BCUT2D eigenvalue weighted by molar-refractivity contribution is -0.137. The first-order valence-electron chi connectivity index (χ1n) is 3.38. The first-order valence-corrected chi connectivity index (χ1v) is 4.18. The van der Waals surface area contributed by atoms with Crippen LogP contribution in [0.15, 0.2) is 11.1 Å². The smallest absolute Gasteiger partial charge is 0.303 e. The molecule has 0 atom stereocenters. The van der Waals surface area contributed by atoms with Crippen LogP contribution in [0.2, 0.25) is 0 Å². The molecule has 0 saturated carbocycles. The Balaban J connectivity index is 3.03. The molecule has 0 saturated heterocycles. The van der Waals surface area contributed by atoms with Crippen molar-refractivity contribution in [2.45, 2.75) is 12.8 Å². The van der Waals surface area contributed by atoms with Gasteiger partial charge in [0.05, 0.1) is 0 Å². The molecule has 0 aromatic rings. The third-order valence-corrected chi connectivity index (χ3v) is 1.34. The molecular formula is C7H12BrNO2. The van der Waals surface area contributed by atoms with Crippen molar-refractivity contribution in [2.75, 3.05) is 13.1 Å². The Morgan fingerprint density at radius 2 is 2.27 bits per heavy atom. The maximum Gasteiger partial charge on any atom is 0.303 e. The van der Waals surface area contributed by atoms with Gasteiger partial charge in [0.2, 0.25) is 0 Å². The first-order chi connectivity index (χ1) is 5.13. The monoisotopic (exact) mass is 221 g/mol. The summed E-state index contributed by atoms with van der Waals surface area (Å²) in [6.45, 7) is 5.04. The molecule has 11 heavy (non-hydrogen) atoms. The van der Waals surface area contributed by atoms with E-state index in [1.807, 2.05) is 0 Å². The van der Waals surface area contributed by atoms with Crippen molar-refractivity contribution in [3.05, 3.63) is 11.1 Å². The van der Waals surface area contributed by atoms with E-state index in [9.17, 15) is 4.79 Å². The fourth-order valence-electron chi connectivity index (χ4n) is 0.589. The number of halogens is 1. The quantitative estimate of drug-likeness (QED) is 0.667. The minimum Gasteiger partial charge on any atom is -0.481 e. The zero-order valence-electron chi connectivity index (χ0n) is 6.27. The summed E-state index contributed by atoms with van der Waals surface area (Å²) in [6, 6.07) is 0. The van der Waals surface area contributed by atoms with E-state index in [-0.39, 0.29) is 6.42 Å². The van der Waals surface area contributed by atoms with Gasteiger partial charge >= 0.3 is 5.97 Å². The number of carbonyl (C=O) groups is 1. The molecule has 0 aromatic heterocycles. The predicted molar refractivity (Wildman–Crippen MR) is 47.8 cm³/mol. The number of hydrogen-bond acceptors (Lipinski definition) is 2. The van der Waals surface area contributed by atoms with E-state index in [0.717, 1.165) is 11.0 Å². The van der Waals surface area contributed by atoms with Crippen LogP contribution in [0, 0.1) is 0 Å². The van der Waals surface area contributed by atoms with Crippen LogP contribution >= 0.6 is 15.9 Å². The number of aliphatic carboxylic acids is 1. The molecule has 4 heteroatoms. The molecule has 0 amide bonds. The number of rotatable bonds is 6. The summed E-state index contributed by atoms with van der Waals surface area (Å²) in [5.74, 6) is -0.746. The van der Waals surface area contributed by atoms with Gasteiger partial charge in [-0.3, -0.25) is 4.79 Å². The van der Waals surface area contributed by atoms with Gasteiger partial charge in [-0.05, 0) is 13.0 Å². The molecule has 3 nitrogen and oxygen atoms in total. The Hall–Kier alpha value is -0.350. The molecule has 0 spiro atoms. The summed E-state index contributed by atoms with van der Waals surface area (Å²) in [6.07, 6.45) is 0.886. The summed E-state index contributed by atoms with van der Waals surface area (Å²) in [4.78, 5) is 10.0. The summed E-state index contributed by atoms with van der Waals surface area (Å²) < 4.78 is 0.882. The SMILES string of the molecule is C=C(Br)CNCCCC(=O)O. The van der Waals surface area contributed by atoms with E-state index >= 15 is 0 Å². The summed E-state index contributed by atoms with van der Waals surface area (Å²) in [5, 5.41) is 11.3. The molecule has 0 rings (SSSR count).